The van der Waals surface area contributed by atoms with Crippen molar-refractivity contribution in [2.45, 2.75) is 9.79 Å². The Hall–Kier alpha value is -1.46. The minimum absolute atomic E-state index is 0.356. The molecule has 0 saturated carbocycles. The first-order valence-electron chi connectivity index (χ1n) is 5.19. The molecule has 3 nitrogen and oxygen atoms in total. The average molecular weight is 323 g/mol. The number of hydrogen-bond donors (Lipinski definition) is 2. The number of nitrogen functional groups attached to an aromatic ring is 1. The molecule has 1 amide bonds. The Kier molecular flexibility index (Phi) is 3.93. The van der Waals surface area contributed by atoms with E-state index in [2.05, 4.69) is 15.9 Å². The molecule has 0 aliphatic heterocycles. The standard InChI is InChI=1S/C13H11BrN2OS/c14-8-3-1-4-9(7-8)18-11-6-2-5-10(12(11)15)13(16)17/h1-7H,15H2,(H2,16,17). The first-order valence-corrected chi connectivity index (χ1v) is 6.80. The van der Waals surface area contributed by atoms with Gasteiger partial charge in [0.05, 0.1) is 11.3 Å². The van der Waals surface area contributed by atoms with Crippen molar-refractivity contribution in [1.82, 2.24) is 0 Å². The third-order valence-electron chi connectivity index (χ3n) is 2.36. The third kappa shape index (κ3) is 2.86. The molecule has 0 fully saturated rings. The molecule has 0 aromatic heterocycles. The van der Waals surface area contributed by atoms with Crippen molar-refractivity contribution in [3.05, 3.63) is 52.5 Å². The van der Waals surface area contributed by atoms with Crippen LogP contribution < -0.4 is 11.5 Å². The quantitative estimate of drug-likeness (QED) is 0.852. The van der Waals surface area contributed by atoms with E-state index in [1.165, 1.54) is 11.8 Å². The van der Waals surface area contributed by atoms with Gasteiger partial charge >= 0.3 is 0 Å². The van der Waals surface area contributed by atoms with Crippen LogP contribution in [-0.4, -0.2) is 5.91 Å². The van der Waals surface area contributed by atoms with Crippen LogP contribution in [0.15, 0.2) is 56.7 Å². The molecule has 0 unspecified atom stereocenters. The van der Waals surface area contributed by atoms with Gasteiger partial charge in [0.25, 0.3) is 5.91 Å². The molecule has 2 aromatic carbocycles. The number of primary amides is 1. The molecule has 0 radical (unpaired) electrons. The van der Waals surface area contributed by atoms with E-state index in [1.807, 2.05) is 30.3 Å². The Balaban J connectivity index is 2.35. The van der Waals surface area contributed by atoms with Crippen molar-refractivity contribution < 1.29 is 4.79 Å². The van der Waals surface area contributed by atoms with E-state index in [0.29, 0.717) is 11.3 Å². The predicted molar refractivity (Wildman–Crippen MR) is 77.6 cm³/mol. The van der Waals surface area contributed by atoms with Gasteiger partial charge in [-0.05, 0) is 30.3 Å². The number of halogens is 1. The largest absolute Gasteiger partial charge is 0.397 e. The summed E-state index contributed by atoms with van der Waals surface area (Å²) < 4.78 is 0.997. The van der Waals surface area contributed by atoms with Gasteiger partial charge in [0.1, 0.15) is 0 Å². The Morgan fingerprint density at radius 3 is 2.56 bits per heavy atom. The molecule has 0 atom stereocenters. The molecular weight excluding hydrogens is 312 g/mol. The topological polar surface area (TPSA) is 69.1 Å². The highest BCUT2D eigenvalue weighted by molar-refractivity contribution is 9.10. The van der Waals surface area contributed by atoms with E-state index in [0.717, 1.165) is 14.3 Å². The van der Waals surface area contributed by atoms with Gasteiger partial charge in [-0.1, -0.05) is 39.8 Å². The highest BCUT2D eigenvalue weighted by Gasteiger charge is 2.10. The van der Waals surface area contributed by atoms with Crippen LogP contribution in [0.25, 0.3) is 0 Å². The summed E-state index contributed by atoms with van der Waals surface area (Å²) in [5.74, 6) is -0.510. The smallest absolute Gasteiger partial charge is 0.250 e. The zero-order valence-electron chi connectivity index (χ0n) is 9.39. The normalized spacial score (nSPS) is 10.3. The van der Waals surface area contributed by atoms with Crippen LogP contribution in [0, 0.1) is 0 Å². The summed E-state index contributed by atoms with van der Waals surface area (Å²) in [6.07, 6.45) is 0. The molecule has 0 saturated heterocycles. The number of rotatable bonds is 3. The second kappa shape index (κ2) is 5.46. The van der Waals surface area contributed by atoms with Crippen LogP contribution in [0.3, 0.4) is 0 Å². The Morgan fingerprint density at radius 1 is 1.17 bits per heavy atom. The lowest BCUT2D eigenvalue weighted by atomic mass is 10.2. The Bertz CT molecular complexity index is 601. The van der Waals surface area contributed by atoms with E-state index in [-0.39, 0.29) is 0 Å². The van der Waals surface area contributed by atoms with Crippen LogP contribution >= 0.6 is 27.7 Å². The molecular formula is C13H11BrN2OS. The van der Waals surface area contributed by atoms with Gasteiger partial charge in [-0.2, -0.15) is 0 Å². The van der Waals surface area contributed by atoms with Gasteiger partial charge in [-0.15, -0.1) is 0 Å². The lowest BCUT2D eigenvalue weighted by Gasteiger charge is -2.08. The van der Waals surface area contributed by atoms with Gasteiger partial charge < -0.3 is 11.5 Å². The van der Waals surface area contributed by atoms with Crippen molar-refractivity contribution in [3.63, 3.8) is 0 Å². The highest BCUT2D eigenvalue weighted by Crippen LogP contribution is 2.34. The van der Waals surface area contributed by atoms with E-state index in [1.54, 1.807) is 12.1 Å². The van der Waals surface area contributed by atoms with Gasteiger partial charge in [0.2, 0.25) is 0 Å². The first-order chi connectivity index (χ1) is 8.58. The number of benzene rings is 2. The molecule has 92 valence electrons. The maximum Gasteiger partial charge on any atom is 0.250 e. The molecule has 0 heterocycles. The lowest BCUT2D eigenvalue weighted by molar-refractivity contribution is 0.100. The van der Waals surface area contributed by atoms with Gasteiger partial charge in [-0.3, -0.25) is 4.79 Å². The fraction of sp³-hybridized carbons (Fsp3) is 0. The van der Waals surface area contributed by atoms with Crippen molar-refractivity contribution in [1.29, 1.82) is 0 Å². The summed E-state index contributed by atoms with van der Waals surface area (Å²) in [7, 11) is 0. The monoisotopic (exact) mass is 322 g/mol. The second-order valence-electron chi connectivity index (χ2n) is 3.64. The minimum Gasteiger partial charge on any atom is -0.397 e. The second-order valence-corrected chi connectivity index (χ2v) is 5.67. The Labute approximate surface area is 118 Å². The van der Waals surface area contributed by atoms with Crippen molar-refractivity contribution in [3.8, 4) is 0 Å². The number of hydrogen-bond acceptors (Lipinski definition) is 3. The summed E-state index contributed by atoms with van der Waals surface area (Å²) in [5.41, 5.74) is 12.0. The van der Waals surface area contributed by atoms with E-state index in [9.17, 15) is 4.79 Å². The van der Waals surface area contributed by atoms with Crippen molar-refractivity contribution in [2.24, 2.45) is 5.73 Å². The van der Waals surface area contributed by atoms with E-state index < -0.39 is 5.91 Å². The van der Waals surface area contributed by atoms with Crippen LogP contribution in [-0.2, 0) is 0 Å². The summed E-state index contributed by atoms with van der Waals surface area (Å²) in [6, 6.07) is 13.1. The molecule has 2 aromatic rings. The predicted octanol–water partition coefficient (Wildman–Crippen LogP) is 3.28. The first kappa shape index (κ1) is 13.0. The maximum absolute atomic E-state index is 11.2. The highest BCUT2D eigenvalue weighted by atomic mass is 79.9. The number of carbonyl (C=O) groups excluding carboxylic acids is 1. The molecule has 0 spiro atoms. The lowest BCUT2D eigenvalue weighted by Crippen LogP contribution is -2.13. The number of para-hydroxylation sites is 1. The number of amides is 1. The van der Waals surface area contributed by atoms with Crippen LogP contribution in [0.4, 0.5) is 5.69 Å². The maximum atomic E-state index is 11.2. The fourth-order valence-corrected chi connectivity index (χ4v) is 3.01. The number of carbonyl (C=O) groups is 1. The third-order valence-corrected chi connectivity index (χ3v) is 3.91. The molecule has 0 aliphatic carbocycles. The summed E-state index contributed by atoms with van der Waals surface area (Å²) in [4.78, 5) is 13.1. The van der Waals surface area contributed by atoms with E-state index in [4.69, 9.17) is 11.5 Å². The van der Waals surface area contributed by atoms with Crippen molar-refractivity contribution in [2.75, 3.05) is 5.73 Å². The average Bonchev–Trinajstić information content (AvgIpc) is 2.31. The van der Waals surface area contributed by atoms with Crippen molar-refractivity contribution >= 4 is 39.3 Å². The van der Waals surface area contributed by atoms with E-state index >= 15 is 0 Å². The minimum atomic E-state index is -0.510. The molecule has 18 heavy (non-hydrogen) atoms. The SMILES string of the molecule is NC(=O)c1cccc(Sc2cccc(Br)c2)c1N. The van der Waals surface area contributed by atoms with Crippen LogP contribution in [0.5, 0.6) is 0 Å². The van der Waals surface area contributed by atoms with Crippen LogP contribution in [0.1, 0.15) is 10.4 Å². The summed E-state index contributed by atoms with van der Waals surface area (Å²) in [5, 5.41) is 0. The van der Waals surface area contributed by atoms with Gasteiger partial charge in [0, 0.05) is 14.3 Å². The van der Waals surface area contributed by atoms with Gasteiger partial charge in [0.15, 0.2) is 0 Å². The molecule has 2 rings (SSSR count). The van der Waals surface area contributed by atoms with Crippen LogP contribution in [0.2, 0.25) is 0 Å². The summed E-state index contributed by atoms with van der Waals surface area (Å²) >= 11 is 4.91. The molecule has 4 N–H and O–H groups in total. The molecule has 0 bridgehead atoms. The fourth-order valence-electron chi connectivity index (χ4n) is 1.51. The molecule has 5 heteroatoms. The molecule has 0 aliphatic rings. The number of anilines is 1. The van der Waals surface area contributed by atoms with Gasteiger partial charge in [-0.25, -0.2) is 0 Å². The number of nitrogens with two attached hydrogens (primary N) is 2. The Morgan fingerprint density at radius 2 is 1.89 bits per heavy atom. The zero-order valence-corrected chi connectivity index (χ0v) is 11.8. The summed E-state index contributed by atoms with van der Waals surface area (Å²) in [6.45, 7) is 0. The zero-order chi connectivity index (χ0) is 13.1.